The Morgan fingerprint density at radius 1 is 1.47 bits per heavy atom. The van der Waals surface area contributed by atoms with Gasteiger partial charge in [0.05, 0.1) is 17.9 Å². The average molecular weight is 232 g/mol. The minimum Gasteiger partial charge on any atom is -0.329 e. The van der Waals surface area contributed by atoms with Gasteiger partial charge in [-0.05, 0) is 20.9 Å². The van der Waals surface area contributed by atoms with Crippen LogP contribution < -0.4 is 10.5 Å². The minimum atomic E-state index is -3.43. The van der Waals surface area contributed by atoms with E-state index >= 15 is 0 Å². The second-order valence-corrected chi connectivity index (χ2v) is 5.04. The molecule has 0 aliphatic rings. The SMILES string of the molecule is CNS(=O)(=O)c1c(C)nn(CCN)c1C. The van der Waals surface area contributed by atoms with Crippen molar-refractivity contribution in [2.45, 2.75) is 25.3 Å². The summed E-state index contributed by atoms with van der Waals surface area (Å²) in [5, 5.41) is 4.13. The van der Waals surface area contributed by atoms with Crippen LogP contribution >= 0.6 is 0 Å². The smallest absolute Gasteiger partial charge is 0.243 e. The van der Waals surface area contributed by atoms with Crippen LogP contribution in [0.3, 0.4) is 0 Å². The Kier molecular flexibility index (Phi) is 3.48. The summed E-state index contributed by atoms with van der Waals surface area (Å²) in [6.45, 7) is 4.34. The van der Waals surface area contributed by atoms with Crippen LogP contribution in [-0.2, 0) is 16.6 Å². The number of sulfonamides is 1. The number of nitrogens with zero attached hydrogens (tertiary/aromatic N) is 2. The van der Waals surface area contributed by atoms with Crippen molar-refractivity contribution in [2.75, 3.05) is 13.6 Å². The summed E-state index contributed by atoms with van der Waals surface area (Å²) in [6.07, 6.45) is 0. The maximum absolute atomic E-state index is 11.7. The van der Waals surface area contributed by atoms with Crippen LogP contribution in [0, 0.1) is 13.8 Å². The molecule has 0 aliphatic heterocycles. The number of nitrogens with two attached hydrogens (primary N) is 1. The molecule has 6 nitrogen and oxygen atoms in total. The summed E-state index contributed by atoms with van der Waals surface area (Å²) in [5.74, 6) is 0. The van der Waals surface area contributed by atoms with Crippen LogP contribution in [0.25, 0.3) is 0 Å². The van der Waals surface area contributed by atoms with Gasteiger partial charge in [-0.15, -0.1) is 0 Å². The Hall–Kier alpha value is -0.920. The summed E-state index contributed by atoms with van der Waals surface area (Å²) >= 11 is 0. The molecule has 7 heteroatoms. The molecule has 0 saturated heterocycles. The number of rotatable bonds is 4. The molecule has 0 saturated carbocycles. The minimum absolute atomic E-state index is 0.249. The lowest BCUT2D eigenvalue weighted by molar-refractivity contribution is 0.583. The number of hydrogen-bond acceptors (Lipinski definition) is 4. The van der Waals surface area contributed by atoms with Crippen molar-refractivity contribution in [1.82, 2.24) is 14.5 Å². The molecular weight excluding hydrogens is 216 g/mol. The third kappa shape index (κ3) is 2.19. The monoisotopic (exact) mass is 232 g/mol. The molecule has 1 aromatic heterocycles. The third-order valence-electron chi connectivity index (χ3n) is 2.19. The highest BCUT2D eigenvalue weighted by atomic mass is 32.2. The highest BCUT2D eigenvalue weighted by Gasteiger charge is 2.22. The van der Waals surface area contributed by atoms with Crippen molar-refractivity contribution in [3.05, 3.63) is 11.4 Å². The Morgan fingerprint density at radius 3 is 2.53 bits per heavy atom. The van der Waals surface area contributed by atoms with Crippen molar-refractivity contribution in [1.29, 1.82) is 0 Å². The normalized spacial score (nSPS) is 12.0. The summed E-state index contributed by atoms with van der Waals surface area (Å²) in [6, 6.07) is 0. The molecular formula is C8H16N4O2S. The Balaban J connectivity index is 3.32. The van der Waals surface area contributed by atoms with E-state index in [1.807, 2.05) is 0 Å². The van der Waals surface area contributed by atoms with E-state index in [9.17, 15) is 8.42 Å². The quantitative estimate of drug-likeness (QED) is 0.723. The van der Waals surface area contributed by atoms with Gasteiger partial charge in [0, 0.05) is 6.54 Å². The van der Waals surface area contributed by atoms with Crippen LogP contribution in [0.1, 0.15) is 11.4 Å². The van der Waals surface area contributed by atoms with E-state index < -0.39 is 10.0 Å². The van der Waals surface area contributed by atoms with Gasteiger partial charge in [-0.2, -0.15) is 5.10 Å². The predicted molar refractivity (Wildman–Crippen MR) is 57.0 cm³/mol. The van der Waals surface area contributed by atoms with Crippen LogP contribution in [-0.4, -0.2) is 31.8 Å². The van der Waals surface area contributed by atoms with Gasteiger partial charge in [0.2, 0.25) is 10.0 Å². The van der Waals surface area contributed by atoms with Gasteiger partial charge >= 0.3 is 0 Å². The first-order valence-corrected chi connectivity index (χ1v) is 6.10. The van der Waals surface area contributed by atoms with E-state index in [0.29, 0.717) is 24.5 Å². The molecule has 86 valence electrons. The van der Waals surface area contributed by atoms with E-state index in [-0.39, 0.29) is 4.90 Å². The molecule has 0 radical (unpaired) electrons. The molecule has 0 aliphatic carbocycles. The van der Waals surface area contributed by atoms with Gasteiger partial charge in [0.25, 0.3) is 0 Å². The molecule has 3 N–H and O–H groups in total. The highest BCUT2D eigenvalue weighted by Crippen LogP contribution is 2.18. The molecule has 0 amide bonds. The molecule has 0 bridgehead atoms. The van der Waals surface area contributed by atoms with Crippen molar-refractivity contribution in [3.63, 3.8) is 0 Å². The number of hydrogen-bond donors (Lipinski definition) is 2. The average Bonchev–Trinajstić information content (AvgIpc) is 2.43. The first kappa shape index (κ1) is 12.2. The van der Waals surface area contributed by atoms with E-state index in [2.05, 4.69) is 9.82 Å². The van der Waals surface area contributed by atoms with Gasteiger partial charge in [-0.25, -0.2) is 13.1 Å². The van der Waals surface area contributed by atoms with E-state index in [1.165, 1.54) is 7.05 Å². The maximum Gasteiger partial charge on any atom is 0.243 e. The van der Waals surface area contributed by atoms with Crippen LogP contribution in [0.5, 0.6) is 0 Å². The van der Waals surface area contributed by atoms with Crippen LogP contribution in [0.4, 0.5) is 0 Å². The molecule has 1 rings (SSSR count). The highest BCUT2D eigenvalue weighted by molar-refractivity contribution is 7.89. The van der Waals surface area contributed by atoms with Crippen molar-refractivity contribution < 1.29 is 8.42 Å². The Morgan fingerprint density at radius 2 is 2.07 bits per heavy atom. The van der Waals surface area contributed by atoms with Crippen molar-refractivity contribution in [2.24, 2.45) is 5.73 Å². The molecule has 0 atom stereocenters. The maximum atomic E-state index is 11.7. The number of aromatic nitrogens is 2. The molecule has 0 fully saturated rings. The lowest BCUT2D eigenvalue weighted by Crippen LogP contribution is -2.20. The Bertz CT molecular complexity index is 449. The molecule has 15 heavy (non-hydrogen) atoms. The third-order valence-corrected chi connectivity index (χ3v) is 3.86. The van der Waals surface area contributed by atoms with Gasteiger partial charge < -0.3 is 5.73 Å². The molecule has 0 unspecified atom stereocenters. The summed E-state index contributed by atoms with van der Waals surface area (Å²) in [5.41, 5.74) is 6.52. The molecule has 1 heterocycles. The topological polar surface area (TPSA) is 90.0 Å². The van der Waals surface area contributed by atoms with Gasteiger partial charge in [0.1, 0.15) is 4.90 Å². The predicted octanol–water partition coefficient (Wildman–Crippen LogP) is -0.633. The zero-order valence-electron chi connectivity index (χ0n) is 9.11. The van der Waals surface area contributed by atoms with Crippen molar-refractivity contribution >= 4 is 10.0 Å². The standard InChI is InChI=1S/C8H16N4O2S/c1-6-8(15(13,14)10-3)7(2)12(11-6)5-4-9/h10H,4-5,9H2,1-3H3. The van der Waals surface area contributed by atoms with Gasteiger partial charge in [-0.3, -0.25) is 4.68 Å². The first-order valence-electron chi connectivity index (χ1n) is 4.61. The van der Waals surface area contributed by atoms with Gasteiger partial charge in [0.15, 0.2) is 0 Å². The zero-order valence-corrected chi connectivity index (χ0v) is 9.93. The van der Waals surface area contributed by atoms with Crippen LogP contribution in [0.15, 0.2) is 4.90 Å². The molecule has 0 aromatic carbocycles. The lowest BCUT2D eigenvalue weighted by atomic mass is 10.4. The second kappa shape index (κ2) is 4.30. The van der Waals surface area contributed by atoms with E-state index in [0.717, 1.165) is 0 Å². The van der Waals surface area contributed by atoms with Crippen LogP contribution in [0.2, 0.25) is 0 Å². The first-order chi connectivity index (χ1) is 6.94. The molecule has 0 spiro atoms. The Labute approximate surface area is 89.5 Å². The summed E-state index contributed by atoms with van der Waals surface area (Å²) in [7, 11) is -2.05. The molecule has 1 aromatic rings. The fourth-order valence-corrected chi connectivity index (χ4v) is 2.64. The summed E-state index contributed by atoms with van der Waals surface area (Å²) in [4.78, 5) is 0.249. The van der Waals surface area contributed by atoms with E-state index in [1.54, 1.807) is 18.5 Å². The van der Waals surface area contributed by atoms with Crippen molar-refractivity contribution in [3.8, 4) is 0 Å². The fraction of sp³-hybridized carbons (Fsp3) is 0.625. The fourth-order valence-electron chi connectivity index (χ4n) is 1.51. The second-order valence-electron chi connectivity index (χ2n) is 3.22. The van der Waals surface area contributed by atoms with E-state index in [4.69, 9.17) is 5.73 Å². The lowest BCUT2D eigenvalue weighted by Gasteiger charge is -2.03. The largest absolute Gasteiger partial charge is 0.329 e. The number of aryl methyl sites for hydroxylation is 1. The number of nitrogens with one attached hydrogen (secondary N) is 1. The zero-order chi connectivity index (χ0) is 11.6. The summed E-state index contributed by atoms with van der Waals surface area (Å²) < 4.78 is 27.2. The van der Waals surface area contributed by atoms with Gasteiger partial charge in [-0.1, -0.05) is 0 Å².